The van der Waals surface area contributed by atoms with Crippen molar-refractivity contribution in [2.45, 2.75) is 25.9 Å². The fraction of sp³-hybridized carbons (Fsp3) is 0.292. The zero-order valence-corrected chi connectivity index (χ0v) is 18.5. The van der Waals surface area contributed by atoms with Crippen molar-refractivity contribution in [3.8, 4) is 11.3 Å². The number of hydrogen-bond donors (Lipinski definition) is 1. The van der Waals surface area contributed by atoms with Crippen LogP contribution >= 0.6 is 11.6 Å². The largest absolute Gasteiger partial charge is 0.478 e. The number of aromatic nitrogens is 2. The summed E-state index contributed by atoms with van der Waals surface area (Å²) in [6, 6.07) is 15.6. The third-order valence-corrected chi connectivity index (χ3v) is 5.62. The van der Waals surface area contributed by atoms with Gasteiger partial charge in [-0.1, -0.05) is 42.8 Å². The summed E-state index contributed by atoms with van der Waals surface area (Å²) in [5, 5.41) is 14.6. The van der Waals surface area contributed by atoms with Crippen molar-refractivity contribution in [3.63, 3.8) is 0 Å². The molecule has 0 saturated carbocycles. The average Bonchev–Trinajstić information content (AvgIpc) is 3.23. The Balaban J connectivity index is 1.64. The molecule has 1 atom stereocenters. The van der Waals surface area contributed by atoms with E-state index in [0.717, 1.165) is 17.5 Å². The zero-order chi connectivity index (χ0) is 22.7. The molecule has 1 N–H and O–H groups in total. The number of fused-ring (bicyclic) bond motifs is 1. The van der Waals surface area contributed by atoms with Crippen LogP contribution in [0.3, 0.4) is 0 Å². The Labute approximate surface area is 191 Å². The van der Waals surface area contributed by atoms with Crippen molar-refractivity contribution in [1.29, 1.82) is 0 Å². The first-order valence-corrected chi connectivity index (χ1v) is 10.9. The number of benzene rings is 2. The van der Waals surface area contributed by atoms with Crippen molar-refractivity contribution >= 4 is 23.5 Å². The van der Waals surface area contributed by atoms with Crippen LogP contribution in [0.15, 0.2) is 54.6 Å². The van der Waals surface area contributed by atoms with Gasteiger partial charge in [0.15, 0.2) is 0 Å². The normalized spacial score (nSPS) is 15.6. The van der Waals surface area contributed by atoms with Gasteiger partial charge in [0.2, 0.25) is 0 Å². The van der Waals surface area contributed by atoms with E-state index in [1.165, 1.54) is 0 Å². The summed E-state index contributed by atoms with van der Waals surface area (Å²) in [7, 11) is 0. The Morgan fingerprint density at radius 1 is 1.22 bits per heavy atom. The molecule has 166 valence electrons. The molecule has 32 heavy (non-hydrogen) atoms. The van der Waals surface area contributed by atoms with Crippen molar-refractivity contribution in [3.05, 3.63) is 76.4 Å². The topological polar surface area (TPSA) is 84.7 Å². The van der Waals surface area contributed by atoms with Gasteiger partial charge in [-0.2, -0.15) is 5.10 Å². The van der Waals surface area contributed by atoms with Crippen LogP contribution in [0.4, 0.5) is 0 Å². The minimum Gasteiger partial charge on any atom is -0.478 e. The van der Waals surface area contributed by atoms with Crippen LogP contribution in [-0.4, -0.2) is 51.4 Å². The van der Waals surface area contributed by atoms with Crippen molar-refractivity contribution < 1.29 is 19.4 Å². The molecule has 1 amide bonds. The third kappa shape index (κ3) is 4.69. The molecule has 2 heterocycles. The first-order chi connectivity index (χ1) is 15.5. The third-order valence-electron chi connectivity index (χ3n) is 5.37. The number of carbonyl (C=O) groups is 2. The number of carboxylic acid groups (broad SMARTS) is 1. The molecule has 0 radical (unpaired) electrons. The standard InChI is InChI=1S/C24H24ClN3O4/c1-2-10-32-15-20-14-27(13-16-4-3-5-18(11-16)24(30)31)23(29)22-12-21(26-28(20)22)17-6-8-19(25)9-7-17/h3-9,11-12,20H,2,10,13-15H2,1H3,(H,30,31). The quantitative estimate of drug-likeness (QED) is 0.507. The van der Waals surface area contributed by atoms with E-state index in [9.17, 15) is 14.7 Å². The molecule has 1 aliphatic heterocycles. The molecule has 0 aliphatic carbocycles. The number of carboxylic acids is 1. The highest BCUT2D eigenvalue weighted by molar-refractivity contribution is 6.30. The van der Waals surface area contributed by atoms with E-state index in [2.05, 4.69) is 0 Å². The molecule has 4 rings (SSSR count). The second-order valence-electron chi connectivity index (χ2n) is 7.79. The van der Waals surface area contributed by atoms with Gasteiger partial charge in [0.25, 0.3) is 5.91 Å². The first kappa shape index (κ1) is 22.0. The van der Waals surface area contributed by atoms with Crippen LogP contribution in [0.2, 0.25) is 5.02 Å². The molecule has 1 unspecified atom stereocenters. The number of halogens is 1. The van der Waals surface area contributed by atoms with E-state index in [0.29, 0.717) is 42.7 Å². The molecule has 1 aliphatic rings. The first-order valence-electron chi connectivity index (χ1n) is 10.5. The summed E-state index contributed by atoms with van der Waals surface area (Å²) in [5.41, 5.74) is 3.01. The van der Waals surface area contributed by atoms with Crippen molar-refractivity contribution in [1.82, 2.24) is 14.7 Å². The van der Waals surface area contributed by atoms with E-state index < -0.39 is 5.97 Å². The van der Waals surface area contributed by atoms with Gasteiger partial charge in [-0.25, -0.2) is 4.79 Å². The Hall–Kier alpha value is -3.16. The zero-order valence-electron chi connectivity index (χ0n) is 17.7. The van der Waals surface area contributed by atoms with Gasteiger partial charge in [0.1, 0.15) is 5.69 Å². The molecular formula is C24H24ClN3O4. The lowest BCUT2D eigenvalue weighted by Gasteiger charge is -2.33. The smallest absolute Gasteiger partial charge is 0.335 e. The number of amides is 1. The molecule has 7 nitrogen and oxygen atoms in total. The number of ether oxygens (including phenoxy) is 1. The highest BCUT2D eigenvalue weighted by Crippen LogP contribution is 2.28. The van der Waals surface area contributed by atoms with Gasteiger partial charge < -0.3 is 14.7 Å². The maximum atomic E-state index is 13.3. The summed E-state index contributed by atoms with van der Waals surface area (Å²) in [5.74, 6) is -1.14. The highest BCUT2D eigenvalue weighted by Gasteiger charge is 2.33. The SMILES string of the molecule is CCCOCC1CN(Cc2cccc(C(=O)O)c2)C(=O)c2cc(-c3ccc(Cl)cc3)nn21. The number of nitrogens with zero attached hydrogens (tertiary/aromatic N) is 3. The molecule has 1 aromatic heterocycles. The van der Waals surface area contributed by atoms with Crippen LogP contribution in [0, 0.1) is 0 Å². The molecule has 0 fully saturated rings. The second kappa shape index (κ2) is 9.54. The monoisotopic (exact) mass is 453 g/mol. The summed E-state index contributed by atoms with van der Waals surface area (Å²) >= 11 is 6.00. The fourth-order valence-electron chi connectivity index (χ4n) is 3.82. The Morgan fingerprint density at radius 3 is 2.72 bits per heavy atom. The Morgan fingerprint density at radius 2 is 2.00 bits per heavy atom. The number of rotatable bonds is 8. The van der Waals surface area contributed by atoms with E-state index in [1.807, 2.05) is 25.1 Å². The van der Waals surface area contributed by atoms with Crippen molar-refractivity contribution in [2.75, 3.05) is 19.8 Å². The summed E-state index contributed by atoms with van der Waals surface area (Å²) in [4.78, 5) is 26.3. The maximum absolute atomic E-state index is 13.3. The Kier molecular flexibility index (Phi) is 6.58. The van der Waals surface area contributed by atoms with Gasteiger partial charge in [0, 0.05) is 30.3 Å². The molecule has 0 spiro atoms. The van der Waals surface area contributed by atoms with E-state index in [1.54, 1.807) is 46.0 Å². The lowest BCUT2D eigenvalue weighted by atomic mass is 10.1. The fourth-order valence-corrected chi connectivity index (χ4v) is 3.94. The average molecular weight is 454 g/mol. The minimum atomic E-state index is -0.992. The van der Waals surface area contributed by atoms with Gasteiger partial charge in [0.05, 0.1) is 23.9 Å². The molecule has 3 aromatic rings. The second-order valence-corrected chi connectivity index (χ2v) is 8.22. The van der Waals surface area contributed by atoms with Crippen LogP contribution in [0.5, 0.6) is 0 Å². The van der Waals surface area contributed by atoms with E-state index in [-0.39, 0.29) is 17.5 Å². The van der Waals surface area contributed by atoms with Crippen LogP contribution in [-0.2, 0) is 11.3 Å². The number of carbonyl (C=O) groups excluding carboxylic acids is 1. The summed E-state index contributed by atoms with van der Waals surface area (Å²) in [6.45, 7) is 3.84. The van der Waals surface area contributed by atoms with Gasteiger partial charge in [-0.05, 0) is 42.3 Å². The lowest BCUT2D eigenvalue weighted by Crippen LogP contribution is -2.44. The molecule has 0 saturated heterocycles. The number of aromatic carboxylic acids is 1. The maximum Gasteiger partial charge on any atom is 0.335 e. The predicted octanol–water partition coefficient (Wildman–Crippen LogP) is 4.53. The molecule has 0 bridgehead atoms. The predicted molar refractivity (Wildman–Crippen MR) is 121 cm³/mol. The summed E-state index contributed by atoms with van der Waals surface area (Å²) in [6.07, 6.45) is 0.902. The van der Waals surface area contributed by atoms with E-state index in [4.69, 9.17) is 21.4 Å². The minimum absolute atomic E-state index is 0.141. The van der Waals surface area contributed by atoms with Crippen molar-refractivity contribution in [2.24, 2.45) is 0 Å². The van der Waals surface area contributed by atoms with Crippen LogP contribution in [0.25, 0.3) is 11.3 Å². The van der Waals surface area contributed by atoms with Crippen LogP contribution in [0.1, 0.15) is 45.8 Å². The van der Waals surface area contributed by atoms with Gasteiger partial charge >= 0.3 is 5.97 Å². The summed E-state index contributed by atoms with van der Waals surface area (Å²) < 4.78 is 7.56. The Bertz CT molecular complexity index is 1130. The van der Waals surface area contributed by atoms with Gasteiger partial charge in [-0.3, -0.25) is 9.48 Å². The lowest BCUT2D eigenvalue weighted by molar-refractivity contribution is 0.0471. The highest BCUT2D eigenvalue weighted by atomic mass is 35.5. The molecular weight excluding hydrogens is 430 g/mol. The van der Waals surface area contributed by atoms with Crippen LogP contribution < -0.4 is 0 Å². The number of hydrogen-bond acceptors (Lipinski definition) is 4. The van der Waals surface area contributed by atoms with Gasteiger partial charge in [-0.15, -0.1) is 0 Å². The molecule has 8 heteroatoms. The van der Waals surface area contributed by atoms with E-state index >= 15 is 0 Å². The molecule has 2 aromatic carbocycles.